The third kappa shape index (κ3) is 2.77. The number of hydrogen-bond donors (Lipinski definition) is 1. The summed E-state index contributed by atoms with van der Waals surface area (Å²) in [5.41, 5.74) is 4.73. The largest absolute Gasteiger partial charge is 0.373 e. The second-order valence-electron chi connectivity index (χ2n) is 5.68. The number of likely N-dealkylation sites (N-methyl/N-ethyl adjacent to an activating group) is 1. The highest BCUT2D eigenvalue weighted by Crippen LogP contribution is 2.26. The predicted molar refractivity (Wildman–Crippen MR) is 85.2 cm³/mol. The van der Waals surface area contributed by atoms with Crippen LogP contribution in [0.15, 0.2) is 48.5 Å². The number of fused-ring (bicyclic) bond motifs is 1. The molecule has 0 saturated carbocycles. The summed E-state index contributed by atoms with van der Waals surface area (Å²) in [6, 6.07) is 16.2. The highest BCUT2D eigenvalue weighted by molar-refractivity contribution is 5.87. The zero-order valence-corrected chi connectivity index (χ0v) is 12.5. The maximum Gasteiger partial charge on any atom is 0.245 e. The van der Waals surface area contributed by atoms with Gasteiger partial charge in [-0.1, -0.05) is 42.5 Å². The van der Waals surface area contributed by atoms with Crippen molar-refractivity contribution in [1.29, 1.82) is 0 Å². The van der Waals surface area contributed by atoms with Crippen LogP contribution in [0.5, 0.6) is 0 Å². The van der Waals surface area contributed by atoms with Gasteiger partial charge in [-0.2, -0.15) is 0 Å². The van der Waals surface area contributed by atoms with Gasteiger partial charge in [0.1, 0.15) is 6.04 Å². The van der Waals surface area contributed by atoms with E-state index in [2.05, 4.69) is 30.4 Å². The first-order valence-electron chi connectivity index (χ1n) is 7.29. The van der Waals surface area contributed by atoms with Crippen molar-refractivity contribution in [3.8, 4) is 0 Å². The van der Waals surface area contributed by atoms with Crippen molar-refractivity contribution < 1.29 is 4.79 Å². The Hall–Kier alpha value is -2.29. The molecular weight excluding hydrogens is 260 g/mol. The van der Waals surface area contributed by atoms with Crippen LogP contribution in [0.25, 0.3) is 0 Å². The van der Waals surface area contributed by atoms with E-state index >= 15 is 0 Å². The molecule has 1 atom stereocenters. The van der Waals surface area contributed by atoms with Crippen molar-refractivity contribution in [2.24, 2.45) is 0 Å². The van der Waals surface area contributed by atoms with Gasteiger partial charge < -0.3 is 10.2 Å². The zero-order chi connectivity index (χ0) is 14.8. The van der Waals surface area contributed by atoms with Gasteiger partial charge in [-0.15, -0.1) is 0 Å². The zero-order valence-electron chi connectivity index (χ0n) is 12.5. The lowest BCUT2D eigenvalue weighted by molar-refractivity contribution is -0.131. The van der Waals surface area contributed by atoms with Gasteiger partial charge in [0.2, 0.25) is 5.91 Å². The molecule has 2 aromatic rings. The summed E-state index contributed by atoms with van der Waals surface area (Å²) in [5, 5.41) is 3.32. The van der Waals surface area contributed by atoms with E-state index in [1.807, 2.05) is 42.3 Å². The standard InChI is InChI=1S/C18H20N2O/c1-13-7-3-4-9-15(13)12-20(2)18(21)17-11-14-8-5-6-10-16(14)19-17/h3-10,17,19H,11-12H2,1-2H3. The van der Waals surface area contributed by atoms with Crippen LogP contribution in [0.2, 0.25) is 0 Å². The monoisotopic (exact) mass is 280 g/mol. The van der Waals surface area contributed by atoms with E-state index in [1.165, 1.54) is 16.7 Å². The molecule has 1 aliphatic rings. The third-order valence-electron chi connectivity index (χ3n) is 4.11. The molecule has 0 spiro atoms. The van der Waals surface area contributed by atoms with Crippen LogP contribution in [0.4, 0.5) is 5.69 Å². The summed E-state index contributed by atoms with van der Waals surface area (Å²) in [5.74, 6) is 0.148. The molecule has 0 fully saturated rings. The Bertz CT molecular complexity index is 641. The van der Waals surface area contributed by atoms with Crippen LogP contribution in [0.1, 0.15) is 16.7 Å². The van der Waals surface area contributed by atoms with E-state index < -0.39 is 0 Å². The molecule has 1 N–H and O–H groups in total. The van der Waals surface area contributed by atoms with Crippen LogP contribution < -0.4 is 5.32 Å². The van der Waals surface area contributed by atoms with E-state index in [-0.39, 0.29) is 11.9 Å². The molecule has 1 amide bonds. The topological polar surface area (TPSA) is 32.3 Å². The van der Waals surface area contributed by atoms with E-state index in [0.29, 0.717) is 6.54 Å². The Balaban J connectivity index is 1.68. The summed E-state index contributed by atoms with van der Waals surface area (Å²) in [7, 11) is 1.87. The summed E-state index contributed by atoms with van der Waals surface area (Å²) in [6.45, 7) is 2.73. The summed E-state index contributed by atoms with van der Waals surface area (Å²) < 4.78 is 0. The summed E-state index contributed by atoms with van der Waals surface area (Å²) in [4.78, 5) is 14.4. The Morgan fingerprint density at radius 3 is 2.67 bits per heavy atom. The molecule has 2 aromatic carbocycles. The van der Waals surface area contributed by atoms with Crippen molar-refractivity contribution in [3.05, 3.63) is 65.2 Å². The number of nitrogens with one attached hydrogen (secondary N) is 1. The van der Waals surface area contributed by atoms with Gasteiger partial charge in [-0.05, 0) is 29.7 Å². The number of hydrogen-bond acceptors (Lipinski definition) is 2. The first-order chi connectivity index (χ1) is 10.1. The average molecular weight is 280 g/mol. The average Bonchev–Trinajstić information content (AvgIpc) is 2.92. The number of para-hydroxylation sites is 1. The van der Waals surface area contributed by atoms with Gasteiger partial charge in [0.05, 0.1) is 0 Å². The smallest absolute Gasteiger partial charge is 0.245 e. The Labute approximate surface area is 125 Å². The number of carbonyl (C=O) groups excluding carboxylic acids is 1. The lowest BCUT2D eigenvalue weighted by Crippen LogP contribution is -2.39. The fraction of sp³-hybridized carbons (Fsp3) is 0.278. The minimum atomic E-state index is -0.142. The van der Waals surface area contributed by atoms with Crippen LogP contribution in [0, 0.1) is 6.92 Å². The highest BCUT2D eigenvalue weighted by Gasteiger charge is 2.28. The molecule has 0 radical (unpaired) electrons. The number of benzene rings is 2. The van der Waals surface area contributed by atoms with Crippen LogP contribution in [-0.4, -0.2) is 23.9 Å². The minimum Gasteiger partial charge on any atom is -0.373 e. The fourth-order valence-electron chi connectivity index (χ4n) is 2.83. The predicted octanol–water partition coefficient (Wildman–Crippen LogP) is 2.99. The van der Waals surface area contributed by atoms with Crippen molar-refractivity contribution >= 4 is 11.6 Å². The molecule has 3 heteroatoms. The molecule has 1 aliphatic heterocycles. The van der Waals surface area contributed by atoms with Crippen molar-refractivity contribution in [2.45, 2.75) is 25.9 Å². The second kappa shape index (κ2) is 5.60. The fourth-order valence-corrected chi connectivity index (χ4v) is 2.83. The van der Waals surface area contributed by atoms with Crippen LogP contribution >= 0.6 is 0 Å². The minimum absolute atomic E-state index is 0.142. The number of amides is 1. The summed E-state index contributed by atoms with van der Waals surface area (Å²) >= 11 is 0. The van der Waals surface area contributed by atoms with Gasteiger partial charge >= 0.3 is 0 Å². The van der Waals surface area contributed by atoms with Crippen molar-refractivity contribution in [3.63, 3.8) is 0 Å². The number of rotatable bonds is 3. The first kappa shape index (κ1) is 13.7. The molecule has 3 nitrogen and oxygen atoms in total. The molecule has 1 heterocycles. The van der Waals surface area contributed by atoms with E-state index in [1.54, 1.807) is 0 Å². The highest BCUT2D eigenvalue weighted by atomic mass is 16.2. The van der Waals surface area contributed by atoms with Crippen LogP contribution in [0.3, 0.4) is 0 Å². The Morgan fingerprint density at radius 1 is 1.19 bits per heavy atom. The lowest BCUT2D eigenvalue weighted by Gasteiger charge is -2.22. The second-order valence-corrected chi connectivity index (χ2v) is 5.68. The lowest BCUT2D eigenvalue weighted by atomic mass is 10.1. The number of anilines is 1. The van der Waals surface area contributed by atoms with E-state index in [0.717, 1.165) is 12.1 Å². The van der Waals surface area contributed by atoms with E-state index in [4.69, 9.17) is 0 Å². The Morgan fingerprint density at radius 2 is 1.90 bits per heavy atom. The number of aryl methyl sites for hydroxylation is 1. The van der Waals surface area contributed by atoms with Gasteiger partial charge in [-0.3, -0.25) is 4.79 Å². The molecule has 0 bridgehead atoms. The Kier molecular flexibility index (Phi) is 3.65. The molecule has 1 unspecified atom stereocenters. The molecule has 3 rings (SSSR count). The molecule has 21 heavy (non-hydrogen) atoms. The SMILES string of the molecule is Cc1ccccc1CN(C)C(=O)C1Cc2ccccc2N1. The van der Waals surface area contributed by atoms with Gasteiger partial charge in [0.15, 0.2) is 0 Å². The normalized spacial score (nSPS) is 16.2. The quantitative estimate of drug-likeness (QED) is 0.937. The molecule has 0 aromatic heterocycles. The molecule has 0 saturated heterocycles. The van der Waals surface area contributed by atoms with Gasteiger partial charge in [-0.25, -0.2) is 0 Å². The number of nitrogens with zero attached hydrogens (tertiary/aromatic N) is 1. The van der Waals surface area contributed by atoms with Crippen molar-refractivity contribution in [1.82, 2.24) is 4.90 Å². The first-order valence-corrected chi connectivity index (χ1v) is 7.29. The van der Waals surface area contributed by atoms with Crippen LogP contribution in [-0.2, 0) is 17.8 Å². The van der Waals surface area contributed by atoms with Gasteiger partial charge in [0.25, 0.3) is 0 Å². The number of carbonyl (C=O) groups is 1. The maximum atomic E-state index is 12.6. The molecule has 108 valence electrons. The van der Waals surface area contributed by atoms with E-state index in [9.17, 15) is 4.79 Å². The third-order valence-corrected chi connectivity index (χ3v) is 4.11. The maximum absolute atomic E-state index is 12.6. The molecule has 0 aliphatic carbocycles. The summed E-state index contributed by atoms with van der Waals surface area (Å²) in [6.07, 6.45) is 0.771. The van der Waals surface area contributed by atoms with Gasteiger partial charge in [0, 0.05) is 25.7 Å². The molecular formula is C18H20N2O. The van der Waals surface area contributed by atoms with Crippen molar-refractivity contribution in [2.75, 3.05) is 12.4 Å².